The van der Waals surface area contributed by atoms with Crippen LogP contribution in [-0.4, -0.2) is 125 Å². The van der Waals surface area contributed by atoms with Crippen LogP contribution in [0.3, 0.4) is 0 Å². The monoisotopic (exact) mass is 1770 g/mol. The van der Waals surface area contributed by atoms with Gasteiger partial charge in [0.05, 0.1) is 25.5 Å². The quantitative estimate of drug-likeness (QED) is 0.0165. The molecule has 3 unspecified atom stereocenters. The number of amides is 1. The molecule has 2 saturated heterocycles. The lowest BCUT2D eigenvalue weighted by atomic mass is 10.1. The van der Waals surface area contributed by atoms with Crippen LogP contribution < -0.4 is 31.6 Å². The molecule has 3 aromatic heterocycles. The topological polar surface area (TPSA) is 285 Å². The van der Waals surface area contributed by atoms with Gasteiger partial charge in [-0.05, 0) is 156 Å². The van der Waals surface area contributed by atoms with E-state index in [1.54, 1.807) is 13.8 Å². The fourth-order valence-electron chi connectivity index (χ4n) is 9.46. The predicted molar refractivity (Wildman–Crippen MR) is 557 cm³/mol. The van der Waals surface area contributed by atoms with Crippen LogP contribution in [0.15, 0.2) is 51.2 Å². The Labute approximate surface area is 784 Å². The number of nitrogens with one attached hydrogen (secondary N) is 2. The van der Waals surface area contributed by atoms with Crippen LogP contribution in [0.5, 0.6) is 11.5 Å². The average molecular weight is 1770 g/mol. The third-order valence-electron chi connectivity index (χ3n) is 17.3. The summed E-state index contributed by atoms with van der Waals surface area (Å²) in [5.41, 5.74) is -3.43. The summed E-state index contributed by atoms with van der Waals surface area (Å²) in [5.74, 6) is 94.1. The van der Waals surface area contributed by atoms with E-state index in [1.165, 1.54) is 23.9 Å². The summed E-state index contributed by atoms with van der Waals surface area (Å²) in [6.45, 7) is 33.0. The van der Waals surface area contributed by atoms with E-state index in [0.717, 1.165) is 29.0 Å². The van der Waals surface area contributed by atoms with Crippen LogP contribution in [0.2, 0.25) is 36.3 Å². The van der Waals surface area contributed by atoms with Gasteiger partial charge in [0.25, 0.3) is 17.0 Å². The van der Waals surface area contributed by atoms with E-state index in [2.05, 4.69) is 274 Å². The highest BCUT2D eigenvalue weighted by Gasteiger charge is 2.56. The van der Waals surface area contributed by atoms with Crippen molar-refractivity contribution in [2.24, 2.45) is 5.92 Å². The lowest BCUT2D eigenvalue weighted by Crippen LogP contribution is -2.51. The molecule has 0 bridgehead atoms. The Morgan fingerprint density at radius 3 is 1.46 bits per heavy atom. The van der Waals surface area contributed by atoms with Crippen LogP contribution in [0.4, 0.5) is 5.95 Å². The number of hydrogen-bond donors (Lipinski definition) is 2. The van der Waals surface area contributed by atoms with Gasteiger partial charge < -0.3 is 55.7 Å². The third kappa shape index (κ3) is 31.1. The van der Waals surface area contributed by atoms with Gasteiger partial charge in [-0.1, -0.05) is 62.3 Å². The first-order valence-corrected chi connectivity index (χ1v) is 43.8. The fraction of sp³-hybridized carbons (Fsp3) is 0.326. The summed E-state index contributed by atoms with van der Waals surface area (Å²) >= 11 is 0. The Hall–Kier alpha value is -15.5. The van der Waals surface area contributed by atoms with Gasteiger partial charge in [0.1, 0.15) is 60.5 Å². The zero-order valence-corrected chi connectivity index (χ0v) is 72.0. The summed E-state index contributed by atoms with van der Waals surface area (Å²) in [6.07, 6.45) is 7.00. The molecule has 696 valence electrons. The zero-order valence-electron chi connectivity index (χ0n) is 69.1. The molecule has 25 nitrogen and oxygen atoms in total. The second-order valence-corrected chi connectivity index (χ2v) is 38.9. The number of carbonyl (C=O) groups excluding carboxylic acids is 4. The molecule has 0 radical (unpaired) electrons. The molecule has 2 N–H and O–H groups in total. The van der Waals surface area contributed by atoms with Gasteiger partial charge in [0, 0.05) is 241 Å². The van der Waals surface area contributed by atoms with Crippen molar-refractivity contribution in [2.75, 3.05) is 25.1 Å². The molecule has 28 heteroatoms. The molecule has 9 atom stereocenters. The van der Waals surface area contributed by atoms with Gasteiger partial charge in [0.2, 0.25) is 18.4 Å². The van der Waals surface area contributed by atoms with E-state index in [1.807, 2.05) is 74.7 Å². The van der Waals surface area contributed by atoms with Crippen molar-refractivity contribution < 1.29 is 128 Å². The molecule has 4 aromatic rings. The van der Waals surface area contributed by atoms with Gasteiger partial charge in [0.15, 0.2) is 46.4 Å². The van der Waals surface area contributed by atoms with Gasteiger partial charge in [-0.3, -0.25) is 43.4 Å². The first-order chi connectivity index (χ1) is 58.9. The number of esters is 1. The van der Waals surface area contributed by atoms with Gasteiger partial charge in [-0.15, -0.1) is 12.8 Å². The number of hydrogen-bond acceptors (Lipinski definition) is 19. The number of terminal acetylenes is 2. The number of aromatic nitrogens is 6. The summed E-state index contributed by atoms with van der Waals surface area (Å²) in [7, 11) is -8.59. The first-order valence-electron chi connectivity index (χ1n) is 36.8. The number of anilines is 1. The average Bonchev–Trinajstić information content (AvgIpc) is 1.62. The summed E-state index contributed by atoms with van der Waals surface area (Å²) in [5, 5.41) is 1.66. The van der Waals surface area contributed by atoms with E-state index in [0.29, 0.717) is 11.0 Å². The van der Waals surface area contributed by atoms with Crippen LogP contribution in [0.1, 0.15) is 174 Å². The van der Waals surface area contributed by atoms with E-state index in [-0.39, 0.29) is 129 Å². The van der Waals surface area contributed by atoms with Crippen molar-refractivity contribution in [1.29, 1.82) is 0 Å². The Morgan fingerprint density at radius 1 is 0.610 bits per heavy atom. The molecule has 123 heavy (non-hydrogen) atoms. The van der Waals surface area contributed by atoms with Crippen molar-refractivity contribution in [1.82, 2.24) is 28.7 Å². The smallest absolute Gasteiger partial charge is 0.340 e. The van der Waals surface area contributed by atoms with Crippen LogP contribution >= 0.6 is 8.60 Å². The summed E-state index contributed by atoms with van der Waals surface area (Å²) in [6, 6.07) is 4.50. The highest BCUT2D eigenvalue weighted by atomic mass is 31.2. The maximum Gasteiger partial charge on any atom is 0.340 e. The van der Waals surface area contributed by atoms with E-state index < -0.39 is 132 Å². The maximum absolute atomic E-state index is 15.4. The van der Waals surface area contributed by atoms with E-state index in [9.17, 15) is 24.0 Å². The standard InChI is InChI=1S/C95H73N8O17PSi2.44H2/c1-18-21-23-25-27-29-31-33-35-37-39-41-43-45-47-49-51-53-55-57-64-111-75-67-74(68-76(69-75)112-65-58-56-54-52-50-48-46-44-42-40-38-36-34-32-30-28-26-24-22-19-2)89(109)103-79(105)61-63-101(93(103)110)90-84(119-122(14,15)94(7,8)9)82(117-80(106)60-59-73(6)104)78(116-90)70-114-121(113-66-62-96-13)118-83-77(20-3)115-91(85(83)120-123(16,17)95(10,11)12)102-71-97-81-86(102)98-92(100-88(81)108)99-87(107)72(4)5;;;;;;;;;;;;;;;;;;;;;;;;;;;;;;;;;;;;;;;;;;;;/h1-2,61,63,67-69,71-72,77-78,82-85,90-91H,20,59-60,62,66,70H2,3-12,14-17H3,(H2,98,99,100,107,108);44*1H/t77-,78-,82?,83?,84+,85+,90-,91-,121?;;;;;;;;;;;;;;;;;;;;;;;;;;;;;;;;;;;;;;;;;;;;/m1............................................/s1. The Kier molecular flexibility index (Phi) is 38.4. The largest absolute Gasteiger partial charge is 0.457 e. The molecule has 1 amide bonds. The molecular weight excluding hydrogens is 1610 g/mol. The number of H-pyrrole nitrogens is 1. The van der Waals surface area contributed by atoms with Crippen LogP contribution in [0, 0.1) is 274 Å². The van der Waals surface area contributed by atoms with Crippen molar-refractivity contribution >= 4 is 65.9 Å². The highest BCUT2D eigenvalue weighted by molar-refractivity contribution is 7.41. The predicted octanol–water partition coefficient (Wildman–Crippen LogP) is 18.1. The van der Waals surface area contributed by atoms with Crippen molar-refractivity contribution in [2.45, 2.75) is 174 Å². The molecule has 5 heterocycles. The van der Waals surface area contributed by atoms with Crippen molar-refractivity contribution in [3.63, 3.8) is 0 Å². The van der Waals surface area contributed by atoms with Crippen molar-refractivity contribution in [3.05, 3.63) is 85.0 Å². The second-order valence-electron chi connectivity index (χ2n) is 28.2. The fourth-order valence-corrected chi connectivity index (χ4v) is 13.2. The Morgan fingerprint density at radius 2 is 1.04 bits per heavy atom. The zero-order chi connectivity index (χ0) is 89.8. The Bertz CT molecular complexity index is 6510. The van der Waals surface area contributed by atoms with Gasteiger partial charge >= 0.3 is 20.3 Å². The number of nitrogens with zero attached hydrogens (tertiary/aromatic N) is 6. The SMILES string of the molecule is [C-]#[N+]CCOP(OC[C@H]1O[C@@H](n2ccc(=O)n(C(=O)c3cc(OC#CC#CC#CC#CC#CC#CC#CC#CC#CC#CC#C)cc(OC#CC#CC#CC#CC#CC#CC#CC#CC#CC#CC#C)c3)c2=O)[C@@H](O[Si](C)(C)C(C)(C)C)C1OC(=O)CCC(C)=O)OC1[C@@H](CC)O[C@@H](n2cnc3c(=O)[nH]c(NC(=O)C(C)C)nc32)[C@H]1O[Si](C)(C)C(C)(C)C.[HH].[HH].[HH].[HH].[HH].[HH].[HH].[HH].[HH].[HH].[HH].[HH].[HH].[HH].[HH].[HH].[HH].[HH].[HH].[HH].[HH].[HH].[HH].[HH].[HH].[HH].[HH].[HH].[HH].[HH].[HH].[HH].[HH].[HH].[HH].[HH].[HH].[HH].[HH].[HH].[HH].[HH].[HH].[HH]. The molecule has 1 aromatic carbocycles. The minimum Gasteiger partial charge on any atom is -0.457 e. The van der Waals surface area contributed by atoms with E-state index in [4.69, 9.17) is 65.5 Å². The summed E-state index contributed by atoms with van der Waals surface area (Å²) < 4.78 is 68.4. The number of rotatable bonds is 24. The number of carbonyl (C=O) groups is 4. The number of imidazole rings is 1. The first kappa shape index (κ1) is 96.4. The van der Waals surface area contributed by atoms with Crippen LogP contribution in [0.25, 0.3) is 16.0 Å². The normalized spacial score (nSPS) is 15.8. The number of Topliss-reactive ketones (excluding diaryl/α,β-unsaturated/α-hetero) is 1. The molecule has 2 aliphatic heterocycles. The number of fused-ring (bicyclic) bond motifs is 1. The molecular formula is C95H161N8O17PSi2. The minimum absolute atomic E-state index is 0. The molecule has 6 rings (SSSR count). The maximum atomic E-state index is 15.4. The molecule has 2 aliphatic rings. The van der Waals surface area contributed by atoms with Gasteiger partial charge in [-0.25, -0.2) is 16.4 Å². The third-order valence-corrected chi connectivity index (χ3v) is 27.4. The van der Waals surface area contributed by atoms with Crippen LogP contribution in [-0.2, 0) is 51.0 Å². The second kappa shape index (κ2) is 49.0. The van der Waals surface area contributed by atoms with Gasteiger partial charge in [-0.2, -0.15) is 9.55 Å². The Balaban J connectivity index is -0.000000101. The summed E-state index contributed by atoms with van der Waals surface area (Å²) in [4.78, 5) is 113. The van der Waals surface area contributed by atoms with Crippen molar-refractivity contribution in [3.8, 4) is 273 Å². The molecule has 0 spiro atoms. The number of ketones is 1. The van der Waals surface area contributed by atoms with E-state index >= 15 is 9.59 Å². The lowest BCUT2D eigenvalue weighted by molar-refractivity contribution is -0.156. The highest BCUT2D eigenvalue weighted by Crippen LogP contribution is 2.51. The molecule has 0 saturated carbocycles. The molecule has 2 fully saturated rings. The number of ether oxygens (including phenoxy) is 5. The lowest BCUT2D eigenvalue weighted by Gasteiger charge is -2.41. The number of benzene rings is 1. The number of aromatic amines is 1. The minimum atomic E-state index is -3.11. The molecule has 0 aliphatic carbocycles.